The highest BCUT2D eigenvalue weighted by atomic mass is 16.5. The number of amides is 3. The van der Waals surface area contributed by atoms with Crippen molar-refractivity contribution in [3.8, 4) is 18.1 Å². The van der Waals surface area contributed by atoms with Crippen LogP contribution in [-0.2, 0) is 16.1 Å². The minimum absolute atomic E-state index is 0.176. The third-order valence-corrected chi connectivity index (χ3v) is 4.48. The van der Waals surface area contributed by atoms with Crippen LogP contribution in [0.3, 0.4) is 0 Å². The van der Waals surface area contributed by atoms with E-state index in [1.54, 1.807) is 12.1 Å². The van der Waals surface area contributed by atoms with Gasteiger partial charge in [-0.25, -0.2) is 0 Å². The number of hydrogen-bond acceptors (Lipinski definition) is 4. The van der Waals surface area contributed by atoms with Crippen LogP contribution in [0.25, 0.3) is 0 Å². The van der Waals surface area contributed by atoms with Crippen LogP contribution in [0.5, 0.6) is 5.75 Å². The highest BCUT2D eigenvalue weighted by Gasteiger charge is 2.39. The van der Waals surface area contributed by atoms with Gasteiger partial charge in [-0.2, -0.15) is 0 Å². The molecule has 0 aliphatic carbocycles. The summed E-state index contributed by atoms with van der Waals surface area (Å²) in [4.78, 5) is 37.4. The van der Waals surface area contributed by atoms with Gasteiger partial charge in [-0.1, -0.05) is 0 Å². The van der Waals surface area contributed by atoms with Crippen molar-refractivity contribution in [1.82, 2.24) is 10.2 Å². The first-order valence-electron chi connectivity index (χ1n) is 8.44. The lowest BCUT2D eigenvalue weighted by Gasteiger charge is -2.29. The van der Waals surface area contributed by atoms with Crippen molar-refractivity contribution < 1.29 is 19.1 Å². The molecule has 2 heterocycles. The molecule has 1 atom stereocenters. The molecular formula is C19H20N2O4. The molecular weight excluding hydrogens is 320 g/mol. The number of terminal acetylenes is 1. The lowest BCUT2D eigenvalue weighted by molar-refractivity contribution is -0.136. The van der Waals surface area contributed by atoms with Gasteiger partial charge < -0.3 is 9.64 Å². The van der Waals surface area contributed by atoms with Crippen molar-refractivity contribution in [2.75, 3.05) is 6.61 Å². The van der Waals surface area contributed by atoms with Crippen molar-refractivity contribution in [2.24, 2.45) is 0 Å². The maximum atomic E-state index is 12.6. The molecule has 1 aromatic rings. The molecule has 1 fully saturated rings. The molecule has 0 aromatic heterocycles. The second-order valence-electron chi connectivity index (χ2n) is 6.23. The van der Waals surface area contributed by atoms with Crippen LogP contribution in [0.15, 0.2) is 18.2 Å². The average molecular weight is 340 g/mol. The van der Waals surface area contributed by atoms with Crippen LogP contribution in [-0.4, -0.2) is 35.3 Å². The van der Waals surface area contributed by atoms with Crippen LogP contribution >= 0.6 is 0 Å². The Bertz CT molecular complexity index is 750. The number of hydrogen-bond donors (Lipinski definition) is 1. The Balaban J connectivity index is 1.64. The van der Waals surface area contributed by atoms with Gasteiger partial charge in [0.2, 0.25) is 11.8 Å². The molecule has 2 aliphatic heterocycles. The number of benzene rings is 1. The molecule has 0 spiro atoms. The normalized spacial score (nSPS) is 19.4. The molecule has 1 unspecified atom stereocenters. The van der Waals surface area contributed by atoms with Gasteiger partial charge in [0.05, 0.1) is 6.61 Å². The molecule has 0 bridgehead atoms. The van der Waals surface area contributed by atoms with E-state index in [0.717, 1.165) is 24.8 Å². The van der Waals surface area contributed by atoms with E-state index in [0.29, 0.717) is 30.9 Å². The second-order valence-corrected chi connectivity index (χ2v) is 6.23. The topological polar surface area (TPSA) is 75.7 Å². The number of ether oxygens (including phenoxy) is 1. The molecule has 6 heteroatoms. The number of rotatable bonds is 6. The monoisotopic (exact) mass is 340 g/mol. The number of carbonyl (C=O) groups is 3. The molecule has 0 saturated carbocycles. The zero-order chi connectivity index (χ0) is 17.8. The molecule has 1 N–H and O–H groups in total. The zero-order valence-corrected chi connectivity index (χ0v) is 13.9. The molecule has 0 radical (unpaired) electrons. The van der Waals surface area contributed by atoms with Gasteiger partial charge in [0.1, 0.15) is 11.8 Å². The Kier molecular flexibility index (Phi) is 5.03. The quantitative estimate of drug-likeness (QED) is 0.485. The predicted octanol–water partition coefficient (Wildman–Crippen LogP) is 1.63. The van der Waals surface area contributed by atoms with Crippen LogP contribution in [0.1, 0.15) is 48.0 Å². The summed E-state index contributed by atoms with van der Waals surface area (Å²) in [5.41, 5.74) is 1.43. The molecule has 1 saturated heterocycles. The van der Waals surface area contributed by atoms with E-state index < -0.39 is 11.9 Å². The fourth-order valence-electron chi connectivity index (χ4n) is 3.16. The second kappa shape index (κ2) is 7.39. The van der Waals surface area contributed by atoms with Crippen molar-refractivity contribution in [3.05, 3.63) is 29.3 Å². The van der Waals surface area contributed by atoms with E-state index in [2.05, 4.69) is 11.2 Å². The molecule has 1 aromatic carbocycles. The summed E-state index contributed by atoms with van der Waals surface area (Å²) in [6.07, 6.45) is 8.37. The predicted molar refractivity (Wildman–Crippen MR) is 90.7 cm³/mol. The summed E-state index contributed by atoms with van der Waals surface area (Å²) in [7, 11) is 0. The first kappa shape index (κ1) is 17.0. The van der Waals surface area contributed by atoms with E-state index >= 15 is 0 Å². The van der Waals surface area contributed by atoms with Gasteiger partial charge in [0, 0.05) is 24.9 Å². The minimum Gasteiger partial charge on any atom is -0.494 e. The Morgan fingerprint density at radius 2 is 2.12 bits per heavy atom. The lowest BCUT2D eigenvalue weighted by Crippen LogP contribution is -2.52. The Labute approximate surface area is 146 Å². The maximum absolute atomic E-state index is 12.6. The lowest BCUT2D eigenvalue weighted by atomic mass is 10.0. The summed E-state index contributed by atoms with van der Waals surface area (Å²) in [6, 6.07) is 4.76. The maximum Gasteiger partial charge on any atom is 0.255 e. The van der Waals surface area contributed by atoms with Gasteiger partial charge in [-0.15, -0.1) is 12.3 Å². The summed E-state index contributed by atoms with van der Waals surface area (Å²) in [6.45, 7) is 0.931. The number of piperidine rings is 1. The van der Waals surface area contributed by atoms with E-state index in [9.17, 15) is 14.4 Å². The fraction of sp³-hybridized carbons (Fsp3) is 0.421. The largest absolute Gasteiger partial charge is 0.494 e. The molecule has 6 nitrogen and oxygen atoms in total. The Hall–Kier alpha value is -2.81. The van der Waals surface area contributed by atoms with Crippen LogP contribution in [0, 0.1) is 12.3 Å². The molecule has 130 valence electrons. The van der Waals surface area contributed by atoms with Gasteiger partial charge in [-0.05, 0) is 43.0 Å². The number of unbranched alkanes of at least 4 members (excludes halogenated alkanes) is 2. The number of fused-ring (bicyclic) bond motifs is 1. The van der Waals surface area contributed by atoms with Crippen molar-refractivity contribution in [1.29, 1.82) is 0 Å². The fourth-order valence-corrected chi connectivity index (χ4v) is 3.16. The molecule has 3 rings (SSSR count). The summed E-state index contributed by atoms with van der Waals surface area (Å²) >= 11 is 0. The highest BCUT2D eigenvalue weighted by molar-refractivity contribution is 6.05. The smallest absolute Gasteiger partial charge is 0.255 e. The van der Waals surface area contributed by atoms with Crippen molar-refractivity contribution >= 4 is 17.7 Å². The number of nitrogens with one attached hydrogen (secondary N) is 1. The third kappa shape index (κ3) is 3.66. The SMILES string of the molecule is C#CCCCCOc1ccc2c(c1)CN(C1CCC(=O)NC1=O)C2=O. The first-order chi connectivity index (χ1) is 12.1. The number of imide groups is 1. The van der Waals surface area contributed by atoms with E-state index in [4.69, 9.17) is 11.2 Å². The zero-order valence-electron chi connectivity index (χ0n) is 13.9. The van der Waals surface area contributed by atoms with Gasteiger partial charge in [-0.3, -0.25) is 19.7 Å². The number of carbonyl (C=O) groups excluding carboxylic acids is 3. The third-order valence-electron chi connectivity index (χ3n) is 4.48. The van der Waals surface area contributed by atoms with Gasteiger partial charge >= 0.3 is 0 Å². The van der Waals surface area contributed by atoms with E-state index in [-0.39, 0.29) is 18.2 Å². The van der Waals surface area contributed by atoms with E-state index in [1.807, 2.05) is 6.07 Å². The first-order valence-corrected chi connectivity index (χ1v) is 8.44. The molecule has 25 heavy (non-hydrogen) atoms. The van der Waals surface area contributed by atoms with Crippen LogP contribution in [0.2, 0.25) is 0 Å². The highest BCUT2D eigenvalue weighted by Crippen LogP contribution is 2.30. The summed E-state index contributed by atoms with van der Waals surface area (Å²) in [5.74, 6) is 2.44. The molecule has 3 amide bonds. The summed E-state index contributed by atoms with van der Waals surface area (Å²) in [5, 5.41) is 2.30. The molecule has 2 aliphatic rings. The van der Waals surface area contributed by atoms with Crippen LogP contribution < -0.4 is 10.1 Å². The minimum atomic E-state index is -0.592. The average Bonchev–Trinajstić information content (AvgIpc) is 2.91. The van der Waals surface area contributed by atoms with Gasteiger partial charge in [0.15, 0.2) is 0 Å². The Morgan fingerprint density at radius 1 is 1.28 bits per heavy atom. The number of nitrogens with zero attached hydrogens (tertiary/aromatic N) is 1. The van der Waals surface area contributed by atoms with Crippen LogP contribution in [0.4, 0.5) is 0 Å². The van der Waals surface area contributed by atoms with Gasteiger partial charge in [0.25, 0.3) is 5.91 Å². The van der Waals surface area contributed by atoms with Crippen molar-refractivity contribution in [2.45, 2.75) is 44.7 Å². The van der Waals surface area contributed by atoms with Crippen molar-refractivity contribution in [3.63, 3.8) is 0 Å². The summed E-state index contributed by atoms with van der Waals surface area (Å²) < 4.78 is 5.71. The Morgan fingerprint density at radius 3 is 2.88 bits per heavy atom. The van der Waals surface area contributed by atoms with E-state index in [1.165, 1.54) is 4.90 Å². The standard InChI is InChI=1S/C19H20N2O4/c1-2-3-4-5-10-25-14-6-7-15-13(11-14)12-21(19(15)24)16-8-9-17(22)20-18(16)23/h1,6-7,11,16H,3-5,8-10,12H2,(H,20,22,23).